The third-order valence-electron chi connectivity index (χ3n) is 7.08. The van der Waals surface area contributed by atoms with Crippen LogP contribution < -0.4 is 10.1 Å². The van der Waals surface area contributed by atoms with Gasteiger partial charge in [-0.1, -0.05) is 6.07 Å². The number of likely N-dealkylation sites (tertiary alicyclic amines) is 1. The standard InChI is InChI=1S/C26H31FN6O3/c1-16(23-10-24(36-3)22(27)11-30-23)33-6-4-20-18(13-31-14-19(34)15-31)8-17(9-21(20)25(33)35)12-32-7-5-29-26(32)28-2/h5,7-11,16,19,34H,4,6,12-15H2,1-3H3,(H,28,29)/t16-/m0/s1. The van der Waals surface area contributed by atoms with Gasteiger partial charge in [-0.15, -0.1) is 0 Å². The van der Waals surface area contributed by atoms with Gasteiger partial charge in [-0.3, -0.25) is 14.7 Å². The van der Waals surface area contributed by atoms with E-state index in [0.717, 1.165) is 28.8 Å². The summed E-state index contributed by atoms with van der Waals surface area (Å²) >= 11 is 0. The van der Waals surface area contributed by atoms with Crippen molar-refractivity contribution in [3.8, 4) is 5.75 Å². The van der Waals surface area contributed by atoms with Gasteiger partial charge in [0.15, 0.2) is 11.6 Å². The quantitative estimate of drug-likeness (QED) is 0.497. The van der Waals surface area contributed by atoms with Crippen molar-refractivity contribution in [1.82, 2.24) is 24.3 Å². The molecule has 2 aliphatic rings. The number of aromatic nitrogens is 3. The van der Waals surface area contributed by atoms with Crippen molar-refractivity contribution >= 4 is 11.9 Å². The summed E-state index contributed by atoms with van der Waals surface area (Å²) in [4.78, 5) is 26.3. The van der Waals surface area contributed by atoms with Gasteiger partial charge in [0.2, 0.25) is 5.95 Å². The number of aliphatic hydroxyl groups is 1. The summed E-state index contributed by atoms with van der Waals surface area (Å²) < 4.78 is 21.0. The van der Waals surface area contributed by atoms with Gasteiger partial charge in [-0.25, -0.2) is 9.37 Å². The first-order chi connectivity index (χ1) is 17.4. The zero-order chi connectivity index (χ0) is 25.4. The number of benzene rings is 1. The number of hydrogen-bond donors (Lipinski definition) is 2. The number of amides is 1. The number of nitrogens with one attached hydrogen (secondary N) is 1. The second kappa shape index (κ2) is 9.87. The van der Waals surface area contributed by atoms with Crippen LogP contribution in [0.15, 0.2) is 36.8 Å². The summed E-state index contributed by atoms with van der Waals surface area (Å²) in [5.41, 5.74) is 4.43. The summed E-state index contributed by atoms with van der Waals surface area (Å²) in [6.45, 7) is 4.97. The number of hydrogen-bond acceptors (Lipinski definition) is 7. The lowest BCUT2D eigenvalue weighted by atomic mass is 9.89. The minimum absolute atomic E-state index is 0.0694. The fraction of sp³-hybridized carbons (Fsp3) is 0.423. The summed E-state index contributed by atoms with van der Waals surface area (Å²) in [5.74, 6) is 0.256. The van der Waals surface area contributed by atoms with E-state index >= 15 is 0 Å². The van der Waals surface area contributed by atoms with E-state index in [-0.39, 0.29) is 23.8 Å². The molecule has 2 aromatic heterocycles. The number of β-amino-alcohol motifs (C(OH)–C–C–N with tert-alkyl or cyclic N) is 1. The zero-order valence-electron chi connectivity index (χ0n) is 20.7. The van der Waals surface area contributed by atoms with Gasteiger partial charge in [0.1, 0.15) is 0 Å². The van der Waals surface area contributed by atoms with Gasteiger partial charge in [0.25, 0.3) is 5.91 Å². The Kier molecular flexibility index (Phi) is 6.63. The van der Waals surface area contributed by atoms with Crippen LogP contribution in [0.4, 0.5) is 10.3 Å². The molecule has 190 valence electrons. The Hall–Kier alpha value is -3.50. The Balaban J connectivity index is 1.48. The second-order valence-corrected chi connectivity index (χ2v) is 9.43. The number of nitrogens with zero attached hydrogens (tertiary/aromatic N) is 5. The van der Waals surface area contributed by atoms with Crippen LogP contribution in [0.1, 0.15) is 45.7 Å². The maximum Gasteiger partial charge on any atom is 0.254 e. The predicted octanol–water partition coefficient (Wildman–Crippen LogP) is 2.45. The first-order valence-electron chi connectivity index (χ1n) is 12.1. The number of ether oxygens (including phenoxy) is 1. The van der Waals surface area contributed by atoms with Crippen molar-refractivity contribution in [2.75, 3.05) is 39.1 Å². The van der Waals surface area contributed by atoms with E-state index in [2.05, 4.69) is 26.3 Å². The Morgan fingerprint density at radius 2 is 2.06 bits per heavy atom. The van der Waals surface area contributed by atoms with Crippen molar-refractivity contribution < 1.29 is 19.0 Å². The molecule has 0 spiro atoms. The van der Waals surface area contributed by atoms with Gasteiger partial charge in [-0.2, -0.15) is 0 Å². The molecule has 0 unspecified atom stereocenters. The predicted molar refractivity (Wildman–Crippen MR) is 133 cm³/mol. The number of imidazole rings is 1. The average molecular weight is 495 g/mol. The monoisotopic (exact) mass is 494 g/mol. The Labute approximate surface area is 209 Å². The number of carbonyl (C=O) groups is 1. The van der Waals surface area contributed by atoms with Gasteiger partial charge >= 0.3 is 0 Å². The number of halogens is 1. The molecule has 0 aliphatic carbocycles. The fourth-order valence-corrected chi connectivity index (χ4v) is 5.13. The van der Waals surface area contributed by atoms with Crippen LogP contribution in [-0.4, -0.2) is 75.2 Å². The summed E-state index contributed by atoms with van der Waals surface area (Å²) in [6.07, 6.45) is 5.20. The highest BCUT2D eigenvalue weighted by Gasteiger charge is 2.33. The van der Waals surface area contributed by atoms with Gasteiger partial charge in [0.05, 0.1) is 37.7 Å². The number of carbonyl (C=O) groups excluding carboxylic acids is 1. The van der Waals surface area contributed by atoms with Crippen molar-refractivity contribution in [1.29, 1.82) is 0 Å². The lowest BCUT2D eigenvalue weighted by molar-refractivity contribution is -0.00311. The molecule has 2 N–H and O–H groups in total. The molecule has 0 radical (unpaired) electrons. The van der Waals surface area contributed by atoms with Crippen molar-refractivity contribution in [2.45, 2.75) is 38.6 Å². The Morgan fingerprint density at radius 3 is 2.78 bits per heavy atom. The third-order valence-corrected chi connectivity index (χ3v) is 7.08. The minimum Gasteiger partial charge on any atom is -0.494 e. The molecule has 5 rings (SSSR count). The number of rotatable bonds is 8. The lowest BCUT2D eigenvalue weighted by Gasteiger charge is -2.38. The number of aliphatic hydroxyl groups excluding tert-OH is 1. The van der Waals surface area contributed by atoms with E-state index < -0.39 is 5.82 Å². The molecule has 0 saturated carbocycles. The molecule has 10 heteroatoms. The Bertz CT molecular complexity index is 1270. The first-order valence-corrected chi connectivity index (χ1v) is 12.1. The molecule has 9 nitrogen and oxygen atoms in total. The number of pyridine rings is 1. The van der Waals surface area contributed by atoms with E-state index in [9.17, 15) is 14.3 Å². The molecular weight excluding hydrogens is 463 g/mol. The van der Waals surface area contributed by atoms with Crippen LogP contribution in [0.3, 0.4) is 0 Å². The summed E-state index contributed by atoms with van der Waals surface area (Å²) in [5, 5.41) is 12.8. The smallest absolute Gasteiger partial charge is 0.254 e. The zero-order valence-corrected chi connectivity index (χ0v) is 20.7. The molecular formula is C26H31FN6O3. The SMILES string of the molecule is CNc1nccn1Cc1cc(CN2CC(O)C2)c2c(c1)C(=O)N([C@@H](C)c1cc(OC)c(F)cn1)CC2. The number of anilines is 1. The maximum atomic E-state index is 13.9. The topological polar surface area (TPSA) is 95.8 Å². The van der Waals surface area contributed by atoms with E-state index in [1.165, 1.54) is 7.11 Å². The first kappa shape index (κ1) is 24.2. The highest BCUT2D eigenvalue weighted by Crippen LogP contribution is 2.32. The molecule has 4 heterocycles. The summed E-state index contributed by atoms with van der Waals surface area (Å²) in [7, 11) is 3.24. The number of fused-ring (bicyclic) bond motifs is 1. The van der Waals surface area contributed by atoms with Crippen LogP contribution in [0.5, 0.6) is 5.75 Å². The average Bonchev–Trinajstić information content (AvgIpc) is 3.30. The molecule has 2 aliphatic heterocycles. The maximum absolute atomic E-state index is 13.9. The van der Waals surface area contributed by atoms with E-state index in [1.54, 1.807) is 17.2 Å². The molecule has 1 aromatic carbocycles. The minimum atomic E-state index is -0.533. The largest absolute Gasteiger partial charge is 0.494 e. The van der Waals surface area contributed by atoms with Crippen LogP contribution in [0.25, 0.3) is 0 Å². The molecule has 36 heavy (non-hydrogen) atoms. The summed E-state index contributed by atoms with van der Waals surface area (Å²) in [6, 6.07) is 5.35. The second-order valence-electron chi connectivity index (χ2n) is 9.43. The fourth-order valence-electron chi connectivity index (χ4n) is 5.13. The van der Waals surface area contributed by atoms with Crippen LogP contribution in [-0.2, 0) is 19.5 Å². The highest BCUT2D eigenvalue weighted by molar-refractivity contribution is 5.97. The lowest BCUT2D eigenvalue weighted by Crippen LogP contribution is -2.50. The van der Waals surface area contributed by atoms with Crippen molar-refractivity contribution in [2.24, 2.45) is 0 Å². The number of methoxy groups -OCH3 is 1. The van der Waals surface area contributed by atoms with E-state index in [0.29, 0.717) is 50.4 Å². The molecule has 1 amide bonds. The highest BCUT2D eigenvalue weighted by atomic mass is 19.1. The van der Waals surface area contributed by atoms with Crippen LogP contribution >= 0.6 is 0 Å². The van der Waals surface area contributed by atoms with E-state index in [1.807, 2.05) is 30.8 Å². The normalized spacial score (nSPS) is 17.0. The van der Waals surface area contributed by atoms with Crippen LogP contribution in [0, 0.1) is 5.82 Å². The molecule has 1 fully saturated rings. The van der Waals surface area contributed by atoms with Crippen molar-refractivity contribution in [3.63, 3.8) is 0 Å². The van der Waals surface area contributed by atoms with Crippen LogP contribution in [0.2, 0.25) is 0 Å². The van der Waals surface area contributed by atoms with Gasteiger partial charge in [-0.05, 0) is 36.1 Å². The molecule has 0 bridgehead atoms. The third kappa shape index (κ3) is 4.54. The van der Waals surface area contributed by atoms with E-state index in [4.69, 9.17) is 4.74 Å². The molecule has 1 atom stereocenters. The van der Waals surface area contributed by atoms with Gasteiger partial charge in [0, 0.05) is 57.3 Å². The Morgan fingerprint density at radius 1 is 1.25 bits per heavy atom. The molecule has 3 aromatic rings. The van der Waals surface area contributed by atoms with Crippen molar-refractivity contribution in [3.05, 3.63) is 70.6 Å². The van der Waals surface area contributed by atoms with Gasteiger partial charge < -0.3 is 24.6 Å². The molecule has 1 saturated heterocycles.